The molecule has 0 fully saturated rings. The first-order valence-corrected chi connectivity index (χ1v) is 9.50. The van der Waals surface area contributed by atoms with Gasteiger partial charge in [0.15, 0.2) is 18.1 Å². The Bertz CT molecular complexity index is 1070. The maximum Gasteiger partial charge on any atom is 0.387 e. The molecule has 1 amide bonds. The van der Waals surface area contributed by atoms with Gasteiger partial charge in [-0.2, -0.15) is 8.78 Å². The molecule has 2 aromatic carbocycles. The van der Waals surface area contributed by atoms with E-state index < -0.39 is 31.1 Å². The summed E-state index contributed by atoms with van der Waals surface area (Å²) in [6.07, 6.45) is 3.37. The van der Waals surface area contributed by atoms with Gasteiger partial charge in [0.1, 0.15) is 11.9 Å². The molecule has 1 unspecified atom stereocenters. The molecule has 168 valence electrons. The normalized spacial score (nSPS) is 11.7. The predicted molar refractivity (Wildman–Crippen MR) is 110 cm³/mol. The minimum atomic E-state index is -3.04. The molecule has 0 aliphatic rings. The quantitative estimate of drug-likeness (QED) is 0.509. The molecule has 0 saturated heterocycles. The number of carbonyl (C=O) groups is 2. The number of amides is 1. The van der Waals surface area contributed by atoms with Crippen LogP contribution in [0.5, 0.6) is 11.5 Å². The minimum absolute atomic E-state index is 0.0139. The summed E-state index contributed by atoms with van der Waals surface area (Å²) in [4.78, 5) is 29.1. The third-order valence-electron chi connectivity index (χ3n) is 4.50. The van der Waals surface area contributed by atoms with Crippen LogP contribution in [-0.4, -0.2) is 41.8 Å². The molecule has 1 aromatic heterocycles. The Labute approximate surface area is 182 Å². The van der Waals surface area contributed by atoms with Gasteiger partial charge in [-0.05, 0) is 23.8 Å². The lowest BCUT2D eigenvalue weighted by atomic mass is 10.1. The SMILES string of the molecule is COc1cc(C(=O)OCC(=O)NC(c2ccccc2)c2nccn2C)ccc1OC(F)F. The molecular weight excluding hydrogens is 424 g/mol. The van der Waals surface area contributed by atoms with E-state index in [9.17, 15) is 18.4 Å². The van der Waals surface area contributed by atoms with Gasteiger partial charge < -0.3 is 24.1 Å². The van der Waals surface area contributed by atoms with Crippen molar-refractivity contribution in [3.63, 3.8) is 0 Å². The summed E-state index contributed by atoms with van der Waals surface area (Å²) in [5, 5.41) is 2.81. The maximum atomic E-state index is 12.5. The molecule has 32 heavy (non-hydrogen) atoms. The van der Waals surface area contributed by atoms with Crippen LogP contribution in [0.1, 0.15) is 27.8 Å². The lowest BCUT2D eigenvalue weighted by Gasteiger charge is -2.19. The Morgan fingerprint density at radius 3 is 2.50 bits per heavy atom. The predicted octanol–water partition coefficient (Wildman–Crippen LogP) is 3.09. The Balaban J connectivity index is 1.66. The van der Waals surface area contributed by atoms with Gasteiger partial charge in [0, 0.05) is 19.4 Å². The first kappa shape index (κ1) is 22.7. The van der Waals surface area contributed by atoms with Crippen molar-refractivity contribution >= 4 is 11.9 Å². The van der Waals surface area contributed by atoms with Crippen LogP contribution < -0.4 is 14.8 Å². The van der Waals surface area contributed by atoms with E-state index in [2.05, 4.69) is 15.0 Å². The Morgan fingerprint density at radius 1 is 1.12 bits per heavy atom. The van der Waals surface area contributed by atoms with Crippen molar-refractivity contribution in [2.24, 2.45) is 7.05 Å². The van der Waals surface area contributed by atoms with E-state index in [4.69, 9.17) is 9.47 Å². The van der Waals surface area contributed by atoms with Gasteiger partial charge in [-0.1, -0.05) is 30.3 Å². The van der Waals surface area contributed by atoms with Crippen LogP contribution in [0.2, 0.25) is 0 Å². The third-order valence-corrected chi connectivity index (χ3v) is 4.50. The Kier molecular flexibility index (Phi) is 7.37. The topological polar surface area (TPSA) is 91.7 Å². The largest absolute Gasteiger partial charge is 0.493 e. The third kappa shape index (κ3) is 5.60. The molecule has 8 nitrogen and oxygen atoms in total. The molecule has 1 N–H and O–H groups in total. The summed E-state index contributed by atoms with van der Waals surface area (Å²) in [6.45, 7) is -3.59. The molecule has 0 saturated carbocycles. The number of hydrogen-bond donors (Lipinski definition) is 1. The van der Waals surface area contributed by atoms with Gasteiger partial charge in [-0.15, -0.1) is 0 Å². The fourth-order valence-electron chi connectivity index (χ4n) is 3.00. The molecule has 0 aliphatic heterocycles. The number of rotatable bonds is 9. The number of halogens is 2. The number of carbonyl (C=O) groups excluding carboxylic acids is 2. The zero-order valence-electron chi connectivity index (χ0n) is 17.3. The summed E-state index contributed by atoms with van der Waals surface area (Å²) in [5.41, 5.74) is 0.820. The number of benzene rings is 2. The lowest BCUT2D eigenvalue weighted by Crippen LogP contribution is -2.34. The number of nitrogens with one attached hydrogen (secondary N) is 1. The van der Waals surface area contributed by atoms with Crippen molar-refractivity contribution in [2.75, 3.05) is 13.7 Å². The second-order valence-electron chi connectivity index (χ2n) is 6.63. The van der Waals surface area contributed by atoms with Gasteiger partial charge in [0.2, 0.25) is 0 Å². The number of ether oxygens (including phenoxy) is 3. The summed E-state index contributed by atoms with van der Waals surface area (Å²) in [6, 6.07) is 12.3. The average Bonchev–Trinajstić information content (AvgIpc) is 3.21. The van der Waals surface area contributed by atoms with Gasteiger partial charge in [-0.3, -0.25) is 4.79 Å². The van der Waals surface area contributed by atoms with Crippen molar-refractivity contribution in [1.82, 2.24) is 14.9 Å². The highest BCUT2D eigenvalue weighted by Gasteiger charge is 2.22. The highest BCUT2D eigenvalue weighted by molar-refractivity contribution is 5.92. The Hall–Kier alpha value is -3.95. The smallest absolute Gasteiger partial charge is 0.387 e. The number of aromatic nitrogens is 2. The summed E-state index contributed by atoms with van der Waals surface area (Å²) < 4.78 is 41.0. The first-order chi connectivity index (χ1) is 15.4. The van der Waals surface area contributed by atoms with Crippen LogP contribution in [0.3, 0.4) is 0 Å². The zero-order valence-corrected chi connectivity index (χ0v) is 17.3. The second kappa shape index (κ2) is 10.4. The van der Waals surface area contributed by atoms with E-state index in [1.54, 1.807) is 24.0 Å². The first-order valence-electron chi connectivity index (χ1n) is 9.50. The van der Waals surface area contributed by atoms with Gasteiger partial charge in [-0.25, -0.2) is 9.78 Å². The number of nitrogens with zero attached hydrogens (tertiary/aromatic N) is 2. The average molecular weight is 445 g/mol. The fourth-order valence-corrected chi connectivity index (χ4v) is 3.00. The van der Waals surface area contributed by atoms with E-state index in [1.165, 1.54) is 19.2 Å². The lowest BCUT2D eigenvalue weighted by molar-refractivity contribution is -0.124. The number of imidazole rings is 1. The highest BCUT2D eigenvalue weighted by Crippen LogP contribution is 2.29. The van der Waals surface area contributed by atoms with Gasteiger partial charge in [0.25, 0.3) is 5.91 Å². The van der Waals surface area contributed by atoms with Crippen molar-refractivity contribution in [2.45, 2.75) is 12.7 Å². The van der Waals surface area contributed by atoms with Crippen LogP contribution in [-0.2, 0) is 16.6 Å². The zero-order chi connectivity index (χ0) is 23.1. The van der Waals surface area contributed by atoms with Crippen LogP contribution in [0, 0.1) is 0 Å². The highest BCUT2D eigenvalue weighted by atomic mass is 19.3. The van der Waals surface area contributed by atoms with Crippen molar-refractivity contribution in [3.05, 3.63) is 77.9 Å². The van der Waals surface area contributed by atoms with Crippen molar-refractivity contribution in [3.8, 4) is 11.5 Å². The van der Waals surface area contributed by atoms with Gasteiger partial charge >= 0.3 is 12.6 Å². The van der Waals surface area contributed by atoms with Crippen molar-refractivity contribution < 1.29 is 32.6 Å². The number of hydrogen-bond acceptors (Lipinski definition) is 6. The van der Waals surface area contributed by atoms with Crippen LogP contribution in [0.4, 0.5) is 8.78 Å². The van der Waals surface area contributed by atoms with E-state index in [-0.39, 0.29) is 17.1 Å². The summed E-state index contributed by atoms with van der Waals surface area (Å²) >= 11 is 0. The maximum absolute atomic E-state index is 12.5. The number of methoxy groups -OCH3 is 1. The minimum Gasteiger partial charge on any atom is -0.493 e. The van der Waals surface area contributed by atoms with Crippen LogP contribution in [0.15, 0.2) is 60.9 Å². The number of esters is 1. The fraction of sp³-hybridized carbons (Fsp3) is 0.227. The number of aryl methyl sites for hydroxylation is 1. The van der Waals surface area contributed by atoms with Gasteiger partial charge in [0.05, 0.1) is 12.7 Å². The molecule has 3 aromatic rings. The molecule has 0 aliphatic carbocycles. The molecule has 0 radical (unpaired) electrons. The molecule has 0 bridgehead atoms. The molecule has 1 heterocycles. The van der Waals surface area contributed by atoms with E-state index in [1.807, 2.05) is 30.3 Å². The van der Waals surface area contributed by atoms with E-state index in [0.717, 1.165) is 11.6 Å². The number of alkyl halides is 2. The second-order valence-corrected chi connectivity index (χ2v) is 6.63. The monoisotopic (exact) mass is 445 g/mol. The van der Waals surface area contributed by atoms with Crippen molar-refractivity contribution in [1.29, 1.82) is 0 Å². The molecule has 10 heteroatoms. The Morgan fingerprint density at radius 2 is 1.88 bits per heavy atom. The molecular formula is C22H21F2N3O5. The standard InChI is InChI=1S/C22H21F2N3O5/c1-27-11-10-25-20(27)19(14-6-4-3-5-7-14)26-18(28)13-31-21(29)15-8-9-16(32-22(23)24)17(12-15)30-2/h3-12,19,22H,13H2,1-2H3,(H,26,28). The van der Waals surface area contributed by atoms with Crippen LogP contribution >= 0.6 is 0 Å². The molecule has 1 atom stereocenters. The van der Waals surface area contributed by atoms with E-state index in [0.29, 0.717) is 5.82 Å². The summed E-state index contributed by atoms with van der Waals surface area (Å²) in [7, 11) is 3.05. The molecule has 3 rings (SSSR count). The summed E-state index contributed by atoms with van der Waals surface area (Å²) in [5.74, 6) is -1.05. The molecule has 0 spiro atoms. The van der Waals surface area contributed by atoms with Crippen LogP contribution in [0.25, 0.3) is 0 Å². The van der Waals surface area contributed by atoms with E-state index >= 15 is 0 Å².